The monoisotopic (exact) mass is 210 g/mol. The molecule has 0 radical (unpaired) electrons. The highest BCUT2D eigenvalue weighted by Gasteiger charge is 2.45. The van der Waals surface area contributed by atoms with Gasteiger partial charge in [-0.15, -0.1) is 0 Å². The van der Waals surface area contributed by atoms with Gasteiger partial charge in [0.15, 0.2) is 0 Å². The maximum absolute atomic E-state index is 11.5. The molecule has 2 aliphatic heterocycles. The molecule has 0 aromatic rings. The summed E-state index contributed by atoms with van der Waals surface area (Å²) in [5.74, 6) is 0.277. The molecule has 1 atom stereocenters. The van der Waals surface area contributed by atoms with Gasteiger partial charge in [-0.3, -0.25) is 14.9 Å². The van der Waals surface area contributed by atoms with Gasteiger partial charge in [0, 0.05) is 12.8 Å². The van der Waals surface area contributed by atoms with Crippen LogP contribution in [0.2, 0.25) is 0 Å². The second kappa shape index (κ2) is 3.93. The van der Waals surface area contributed by atoms with Crippen LogP contribution in [0.1, 0.15) is 32.6 Å². The summed E-state index contributed by atoms with van der Waals surface area (Å²) >= 11 is 0. The van der Waals surface area contributed by atoms with Gasteiger partial charge in [0.2, 0.25) is 11.8 Å². The molecule has 4 nitrogen and oxygen atoms in total. The summed E-state index contributed by atoms with van der Waals surface area (Å²) in [4.78, 5) is 22.9. The van der Waals surface area contributed by atoms with Crippen molar-refractivity contribution in [2.75, 3.05) is 13.1 Å². The van der Waals surface area contributed by atoms with Crippen molar-refractivity contribution in [2.45, 2.75) is 32.6 Å². The average Bonchev–Trinajstić information content (AvgIpc) is 2.16. The lowest BCUT2D eigenvalue weighted by Crippen LogP contribution is -2.53. The number of amides is 2. The van der Waals surface area contributed by atoms with Gasteiger partial charge < -0.3 is 5.32 Å². The summed E-state index contributed by atoms with van der Waals surface area (Å²) in [5, 5.41) is 5.74. The van der Waals surface area contributed by atoms with Crippen molar-refractivity contribution in [3.8, 4) is 0 Å². The van der Waals surface area contributed by atoms with Crippen molar-refractivity contribution in [2.24, 2.45) is 11.3 Å². The third-order valence-corrected chi connectivity index (χ3v) is 3.85. The summed E-state index contributed by atoms with van der Waals surface area (Å²) in [5.41, 5.74) is -0.0561. The van der Waals surface area contributed by atoms with Crippen molar-refractivity contribution in [3.05, 3.63) is 0 Å². The Balaban J connectivity index is 2.20. The van der Waals surface area contributed by atoms with Gasteiger partial charge in [-0.25, -0.2) is 0 Å². The van der Waals surface area contributed by atoms with Crippen LogP contribution in [-0.4, -0.2) is 24.9 Å². The fourth-order valence-electron chi connectivity index (χ4n) is 3.02. The molecule has 0 aromatic carbocycles. The summed E-state index contributed by atoms with van der Waals surface area (Å²) in [6, 6.07) is 0. The van der Waals surface area contributed by atoms with Crippen LogP contribution in [0.3, 0.4) is 0 Å². The zero-order chi connectivity index (χ0) is 10.9. The molecule has 0 saturated carbocycles. The predicted molar refractivity (Wildman–Crippen MR) is 56.1 cm³/mol. The highest BCUT2D eigenvalue weighted by Crippen LogP contribution is 2.43. The Morgan fingerprint density at radius 3 is 2.60 bits per heavy atom. The van der Waals surface area contributed by atoms with Crippen LogP contribution < -0.4 is 10.6 Å². The van der Waals surface area contributed by atoms with E-state index in [1.165, 1.54) is 0 Å². The van der Waals surface area contributed by atoms with E-state index in [1.54, 1.807) is 0 Å². The van der Waals surface area contributed by atoms with Crippen LogP contribution in [0, 0.1) is 11.3 Å². The molecular weight excluding hydrogens is 192 g/mol. The van der Waals surface area contributed by atoms with E-state index in [9.17, 15) is 9.59 Å². The summed E-state index contributed by atoms with van der Waals surface area (Å²) in [6.45, 7) is 4.00. The molecule has 15 heavy (non-hydrogen) atoms. The third kappa shape index (κ3) is 1.91. The normalized spacial score (nSPS) is 30.3. The molecule has 2 heterocycles. The summed E-state index contributed by atoms with van der Waals surface area (Å²) in [7, 11) is 0. The van der Waals surface area contributed by atoms with Crippen LogP contribution >= 0.6 is 0 Å². The van der Waals surface area contributed by atoms with Crippen LogP contribution in [0.5, 0.6) is 0 Å². The van der Waals surface area contributed by atoms with E-state index in [0.717, 1.165) is 25.9 Å². The number of piperidine rings is 2. The number of rotatable bonds is 1. The molecule has 0 bridgehead atoms. The number of hydrogen-bond acceptors (Lipinski definition) is 3. The fourth-order valence-corrected chi connectivity index (χ4v) is 3.02. The van der Waals surface area contributed by atoms with Crippen molar-refractivity contribution in [1.29, 1.82) is 0 Å². The van der Waals surface area contributed by atoms with E-state index in [-0.39, 0.29) is 17.2 Å². The molecular formula is C11H18N2O2. The number of carbonyl (C=O) groups is 2. The van der Waals surface area contributed by atoms with Crippen molar-refractivity contribution in [3.63, 3.8) is 0 Å². The van der Waals surface area contributed by atoms with Gasteiger partial charge >= 0.3 is 0 Å². The molecule has 1 unspecified atom stereocenters. The topological polar surface area (TPSA) is 58.2 Å². The summed E-state index contributed by atoms with van der Waals surface area (Å²) < 4.78 is 0. The first-order chi connectivity index (χ1) is 7.16. The van der Waals surface area contributed by atoms with Gasteiger partial charge in [0.05, 0.1) is 0 Å². The lowest BCUT2D eigenvalue weighted by atomic mass is 9.64. The first-order valence-corrected chi connectivity index (χ1v) is 5.70. The van der Waals surface area contributed by atoms with Crippen LogP contribution in [-0.2, 0) is 9.59 Å². The molecule has 4 heteroatoms. The van der Waals surface area contributed by atoms with E-state index in [4.69, 9.17) is 0 Å². The lowest BCUT2D eigenvalue weighted by molar-refractivity contribution is -0.141. The van der Waals surface area contributed by atoms with Gasteiger partial charge in [0.1, 0.15) is 0 Å². The quantitative estimate of drug-likeness (QED) is 0.617. The Morgan fingerprint density at radius 2 is 2.00 bits per heavy atom. The Kier molecular flexibility index (Phi) is 2.78. The Hall–Kier alpha value is -0.900. The standard InChI is InChI=1S/C11H18N2O2/c1-2-8-7-12-4-3-11(8)5-9(14)13-10(15)6-11/h8,12H,2-7H2,1H3,(H,13,14,15). The Labute approximate surface area is 89.8 Å². The van der Waals surface area contributed by atoms with Gasteiger partial charge in [-0.2, -0.15) is 0 Å². The van der Waals surface area contributed by atoms with E-state index >= 15 is 0 Å². The number of nitrogens with one attached hydrogen (secondary N) is 2. The zero-order valence-electron chi connectivity index (χ0n) is 9.14. The van der Waals surface area contributed by atoms with E-state index in [2.05, 4.69) is 17.6 Å². The molecule has 84 valence electrons. The van der Waals surface area contributed by atoms with Crippen molar-refractivity contribution >= 4 is 11.8 Å². The molecule has 2 aliphatic rings. The first-order valence-electron chi connectivity index (χ1n) is 5.70. The highest BCUT2D eigenvalue weighted by molar-refractivity contribution is 5.98. The number of imide groups is 1. The summed E-state index contributed by atoms with van der Waals surface area (Å²) in [6.07, 6.45) is 3.04. The van der Waals surface area contributed by atoms with E-state index < -0.39 is 0 Å². The van der Waals surface area contributed by atoms with Gasteiger partial charge in [-0.05, 0) is 30.8 Å². The predicted octanol–water partition coefficient (Wildman–Crippen LogP) is 0.429. The maximum atomic E-state index is 11.5. The minimum Gasteiger partial charge on any atom is -0.316 e. The van der Waals surface area contributed by atoms with Crippen molar-refractivity contribution in [1.82, 2.24) is 10.6 Å². The van der Waals surface area contributed by atoms with E-state index in [1.807, 2.05) is 0 Å². The molecule has 2 amide bonds. The van der Waals surface area contributed by atoms with Crippen LogP contribution in [0.25, 0.3) is 0 Å². The molecule has 0 aliphatic carbocycles. The minimum absolute atomic E-state index is 0.0561. The molecule has 0 aromatic heterocycles. The van der Waals surface area contributed by atoms with E-state index in [0.29, 0.717) is 18.8 Å². The van der Waals surface area contributed by atoms with Gasteiger partial charge in [-0.1, -0.05) is 13.3 Å². The number of carbonyl (C=O) groups excluding carboxylic acids is 2. The van der Waals surface area contributed by atoms with Crippen molar-refractivity contribution < 1.29 is 9.59 Å². The number of hydrogen-bond donors (Lipinski definition) is 2. The maximum Gasteiger partial charge on any atom is 0.227 e. The molecule has 2 saturated heterocycles. The molecule has 2 N–H and O–H groups in total. The smallest absolute Gasteiger partial charge is 0.227 e. The fraction of sp³-hybridized carbons (Fsp3) is 0.818. The van der Waals surface area contributed by atoms with Crippen LogP contribution in [0.15, 0.2) is 0 Å². The third-order valence-electron chi connectivity index (χ3n) is 3.85. The lowest BCUT2D eigenvalue weighted by Gasteiger charge is -2.45. The second-order valence-corrected chi connectivity index (χ2v) is 4.75. The second-order valence-electron chi connectivity index (χ2n) is 4.75. The molecule has 1 spiro atoms. The Morgan fingerprint density at radius 1 is 1.33 bits per heavy atom. The average molecular weight is 210 g/mol. The SMILES string of the molecule is CCC1CNCCC12CC(=O)NC(=O)C2. The highest BCUT2D eigenvalue weighted by atomic mass is 16.2. The molecule has 2 fully saturated rings. The zero-order valence-corrected chi connectivity index (χ0v) is 9.14. The first kappa shape index (κ1) is 10.6. The Bertz CT molecular complexity index is 272. The molecule has 2 rings (SSSR count). The van der Waals surface area contributed by atoms with Gasteiger partial charge in [0.25, 0.3) is 0 Å². The minimum atomic E-state index is -0.0911. The van der Waals surface area contributed by atoms with Crippen LogP contribution in [0.4, 0.5) is 0 Å². The largest absolute Gasteiger partial charge is 0.316 e.